The molecule has 66 valence electrons. The number of allylic oxidation sites excluding steroid dienone is 1. The number of hydrogen-bond donors (Lipinski definition) is 0. The Morgan fingerprint density at radius 1 is 1.92 bits per heavy atom. The second kappa shape index (κ2) is 4.72. The molecule has 1 aliphatic rings. The zero-order chi connectivity index (χ0) is 8.97. The number of rotatable bonds is 2. The highest BCUT2D eigenvalue weighted by Crippen LogP contribution is 2.36. The molecule has 0 aromatic rings. The van der Waals surface area contributed by atoms with E-state index in [1.807, 2.05) is 6.08 Å². The largest absolute Gasteiger partial charge is 0.466 e. The maximum Gasteiger partial charge on any atom is 0.330 e. The summed E-state index contributed by atoms with van der Waals surface area (Å²) in [5, 5.41) is 0.374. The summed E-state index contributed by atoms with van der Waals surface area (Å²) in [4.78, 5) is 10.7. The lowest BCUT2D eigenvalue weighted by molar-refractivity contribution is -0.134. The molecule has 0 radical (unpaired) electrons. The molecule has 1 aliphatic heterocycles. The van der Waals surface area contributed by atoms with Crippen molar-refractivity contribution in [3.8, 4) is 0 Å². The van der Waals surface area contributed by atoms with Crippen LogP contribution in [0.1, 0.15) is 6.42 Å². The summed E-state index contributed by atoms with van der Waals surface area (Å²) in [6, 6.07) is 0. The number of thioether (sulfide) groups is 1. The molecule has 1 rings (SSSR count). The van der Waals surface area contributed by atoms with Gasteiger partial charge in [0, 0.05) is 15.1 Å². The molecule has 1 unspecified atom stereocenters. The van der Waals surface area contributed by atoms with E-state index in [9.17, 15) is 4.79 Å². The van der Waals surface area contributed by atoms with E-state index < -0.39 is 0 Å². The van der Waals surface area contributed by atoms with Gasteiger partial charge in [-0.2, -0.15) is 0 Å². The van der Waals surface area contributed by atoms with Crippen LogP contribution >= 0.6 is 27.7 Å². The fourth-order valence-electron chi connectivity index (χ4n) is 0.821. The molecular weight excluding hydrogens is 240 g/mol. The normalized spacial score (nSPS) is 22.8. The highest BCUT2D eigenvalue weighted by molar-refractivity contribution is 9.14. The van der Waals surface area contributed by atoms with Crippen molar-refractivity contribution in [1.82, 2.24) is 0 Å². The van der Waals surface area contributed by atoms with E-state index in [0.717, 1.165) is 10.2 Å². The van der Waals surface area contributed by atoms with Crippen molar-refractivity contribution in [1.29, 1.82) is 0 Å². The van der Waals surface area contributed by atoms with Crippen LogP contribution in [0.15, 0.2) is 22.0 Å². The van der Waals surface area contributed by atoms with Crippen LogP contribution in [-0.2, 0) is 9.53 Å². The van der Waals surface area contributed by atoms with E-state index in [0.29, 0.717) is 5.25 Å². The topological polar surface area (TPSA) is 26.3 Å². The zero-order valence-electron chi connectivity index (χ0n) is 6.62. The van der Waals surface area contributed by atoms with E-state index in [-0.39, 0.29) is 5.97 Å². The van der Waals surface area contributed by atoms with E-state index in [1.165, 1.54) is 13.2 Å². The van der Waals surface area contributed by atoms with Crippen LogP contribution in [0.2, 0.25) is 0 Å². The van der Waals surface area contributed by atoms with Crippen LogP contribution in [0.5, 0.6) is 0 Å². The first-order chi connectivity index (χ1) is 5.72. The van der Waals surface area contributed by atoms with Crippen LogP contribution < -0.4 is 0 Å². The van der Waals surface area contributed by atoms with Crippen LogP contribution in [0, 0.1) is 0 Å². The number of carbonyl (C=O) groups is 1. The summed E-state index contributed by atoms with van der Waals surface area (Å²) >= 11 is 5.08. The SMILES string of the molecule is COC(=O)/C=C/C1CC=C(Br)S1. The quantitative estimate of drug-likeness (QED) is 0.555. The van der Waals surface area contributed by atoms with E-state index in [1.54, 1.807) is 11.8 Å². The van der Waals surface area contributed by atoms with Crippen molar-refractivity contribution >= 4 is 33.7 Å². The van der Waals surface area contributed by atoms with E-state index in [4.69, 9.17) is 0 Å². The molecule has 0 amide bonds. The highest BCUT2D eigenvalue weighted by Gasteiger charge is 2.12. The third-order valence-corrected chi connectivity index (χ3v) is 3.35. The first kappa shape index (κ1) is 9.86. The average molecular weight is 249 g/mol. The molecule has 0 N–H and O–H groups in total. The molecule has 0 aromatic heterocycles. The molecule has 0 saturated carbocycles. The smallest absolute Gasteiger partial charge is 0.330 e. The number of ether oxygens (including phenoxy) is 1. The Labute approximate surface area is 84.2 Å². The highest BCUT2D eigenvalue weighted by atomic mass is 79.9. The minimum absolute atomic E-state index is 0.293. The number of halogens is 1. The minimum Gasteiger partial charge on any atom is -0.466 e. The second-order valence-corrected chi connectivity index (χ2v) is 4.94. The maximum atomic E-state index is 10.7. The minimum atomic E-state index is -0.293. The number of esters is 1. The molecule has 0 spiro atoms. The Balaban J connectivity index is 2.34. The standard InChI is InChI=1S/C8H9BrO2S/c1-11-8(10)5-3-6-2-4-7(9)12-6/h3-6H,2H2,1H3/b5-3+. The third-order valence-electron chi connectivity index (χ3n) is 1.42. The number of methoxy groups -OCH3 is 1. The summed E-state index contributed by atoms with van der Waals surface area (Å²) in [6.45, 7) is 0. The lowest BCUT2D eigenvalue weighted by atomic mass is 10.3. The molecular formula is C8H9BrO2S. The van der Waals surface area contributed by atoms with Gasteiger partial charge in [-0.15, -0.1) is 11.8 Å². The van der Waals surface area contributed by atoms with Gasteiger partial charge < -0.3 is 4.74 Å². The molecule has 1 heterocycles. The first-order valence-corrected chi connectivity index (χ1v) is 5.18. The fraction of sp³-hybridized carbons (Fsp3) is 0.375. The molecule has 0 saturated heterocycles. The van der Waals surface area contributed by atoms with Gasteiger partial charge in [0.1, 0.15) is 0 Å². The third kappa shape index (κ3) is 3.03. The van der Waals surface area contributed by atoms with Gasteiger partial charge in [-0.1, -0.05) is 12.2 Å². The summed E-state index contributed by atoms with van der Waals surface area (Å²) in [5.74, 6) is -0.293. The van der Waals surface area contributed by atoms with E-state index >= 15 is 0 Å². The van der Waals surface area contributed by atoms with Crippen LogP contribution in [0.4, 0.5) is 0 Å². The second-order valence-electron chi connectivity index (χ2n) is 2.28. The van der Waals surface area contributed by atoms with Crippen molar-refractivity contribution in [2.24, 2.45) is 0 Å². The van der Waals surface area contributed by atoms with Gasteiger partial charge >= 0.3 is 5.97 Å². The van der Waals surface area contributed by atoms with Crippen LogP contribution in [0.25, 0.3) is 0 Å². The zero-order valence-corrected chi connectivity index (χ0v) is 9.02. The lowest BCUT2D eigenvalue weighted by Crippen LogP contribution is -1.97. The van der Waals surface area contributed by atoms with Crippen molar-refractivity contribution in [3.05, 3.63) is 22.0 Å². The molecule has 4 heteroatoms. The monoisotopic (exact) mass is 248 g/mol. The molecule has 1 atom stereocenters. The van der Waals surface area contributed by atoms with Gasteiger partial charge in [-0.3, -0.25) is 0 Å². The van der Waals surface area contributed by atoms with Gasteiger partial charge in [0.05, 0.1) is 7.11 Å². The molecule has 12 heavy (non-hydrogen) atoms. The van der Waals surface area contributed by atoms with Crippen molar-refractivity contribution < 1.29 is 9.53 Å². The van der Waals surface area contributed by atoms with Crippen molar-refractivity contribution in [2.75, 3.05) is 7.11 Å². The van der Waals surface area contributed by atoms with Gasteiger partial charge in [0.2, 0.25) is 0 Å². The van der Waals surface area contributed by atoms with Gasteiger partial charge in [0.15, 0.2) is 0 Å². The molecule has 2 nitrogen and oxygen atoms in total. The van der Waals surface area contributed by atoms with Gasteiger partial charge in [-0.05, 0) is 22.4 Å². The Hall–Kier alpha value is -0.220. The summed E-state index contributed by atoms with van der Waals surface area (Å²) in [5.41, 5.74) is 0. The Bertz CT molecular complexity index is 235. The lowest BCUT2D eigenvalue weighted by Gasteiger charge is -1.99. The summed E-state index contributed by atoms with van der Waals surface area (Å²) < 4.78 is 5.61. The molecule has 0 fully saturated rings. The average Bonchev–Trinajstić information content (AvgIpc) is 2.47. The van der Waals surface area contributed by atoms with Gasteiger partial charge in [0.25, 0.3) is 0 Å². The Morgan fingerprint density at radius 2 is 2.67 bits per heavy atom. The van der Waals surface area contributed by atoms with Crippen molar-refractivity contribution in [2.45, 2.75) is 11.7 Å². The van der Waals surface area contributed by atoms with Crippen LogP contribution in [-0.4, -0.2) is 18.3 Å². The van der Waals surface area contributed by atoms with Crippen LogP contribution in [0.3, 0.4) is 0 Å². The molecule has 0 aliphatic carbocycles. The Morgan fingerprint density at radius 3 is 3.17 bits per heavy atom. The number of hydrogen-bond acceptors (Lipinski definition) is 3. The summed E-state index contributed by atoms with van der Waals surface area (Å²) in [6.07, 6.45) is 6.40. The van der Waals surface area contributed by atoms with E-state index in [2.05, 4.69) is 26.7 Å². The summed E-state index contributed by atoms with van der Waals surface area (Å²) in [7, 11) is 1.38. The predicted octanol–water partition coefficient (Wildman–Crippen LogP) is 2.46. The molecule has 0 bridgehead atoms. The molecule has 0 aromatic carbocycles. The maximum absolute atomic E-state index is 10.7. The number of carbonyl (C=O) groups excluding carboxylic acids is 1. The van der Waals surface area contributed by atoms with Gasteiger partial charge in [-0.25, -0.2) is 4.79 Å². The first-order valence-electron chi connectivity index (χ1n) is 3.51. The van der Waals surface area contributed by atoms with Crippen molar-refractivity contribution in [3.63, 3.8) is 0 Å². The predicted molar refractivity (Wildman–Crippen MR) is 54.2 cm³/mol. The fourth-order valence-corrected chi connectivity index (χ4v) is 2.56. The Kier molecular flexibility index (Phi) is 3.88.